The van der Waals surface area contributed by atoms with Crippen LogP contribution < -0.4 is 5.32 Å². The summed E-state index contributed by atoms with van der Waals surface area (Å²) in [7, 11) is 0. The number of nitrogens with zero attached hydrogens (tertiary/aromatic N) is 2. The van der Waals surface area contributed by atoms with Crippen molar-refractivity contribution < 1.29 is 9.59 Å². The maximum atomic E-state index is 12.4. The lowest BCUT2D eigenvalue weighted by atomic mass is 10.1. The van der Waals surface area contributed by atoms with E-state index >= 15 is 0 Å². The molecule has 2 heterocycles. The van der Waals surface area contributed by atoms with E-state index < -0.39 is 0 Å². The Morgan fingerprint density at radius 2 is 1.96 bits per heavy atom. The number of likely N-dealkylation sites (tertiary alicyclic amines) is 1. The highest BCUT2D eigenvalue weighted by Crippen LogP contribution is 2.26. The van der Waals surface area contributed by atoms with E-state index in [9.17, 15) is 9.59 Å². The smallest absolute Gasteiger partial charge is 0.225 e. The average molecular weight is 350 g/mol. The molecule has 0 unspecified atom stereocenters. The van der Waals surface area contributed by atoms with Crippen LogP contribution in [0.15, 0.2) is 0 Å². The summed E-state index contributed by atoms with van der Waals surface area (Å²) in [5.74, 6) is 0.208. The molecule has 0 bridgehead atoms. The Balaban J connectivity index is 1.53. The average Bonchev–Trinajstić information content (AvgIpc) is 2.91. The number of aryl methyl sites for hydroxylation is 2. The number of carbonyl (C=O) groups excluding carboxylic acids is 2. The van der Waals surface area contributed by atoms with Crippen LogP contribution in [0.25, 0.3) is 0 Å². The molecule has 2 aliphatic rings. The summed E-state index contributed by atoms with van der Waals surface area (Å²) < 4.78 is 0. The molecular weight excluding hydrogens is 322 g/mol. The van der Waals surface area contributed by atoms with Crippen LogP contribution in [0, 0.1) is 13.8 Å². The van der Waals surface area contributed by atoms with Gasteiger partial charge in [0, 0.05) is 23.9 Å². The van der Waals surface area contributed by atoms with Crippen molar-refractivity contribution in [2.75, 3.05) is 6.54 Å². The van der Waals surface area contributed by atoms with Crippen molar-refractivity contribution in [3.05, 3.63) is 15.6 Å². The number of hydrogen-bond donors (Lipinski definition) is 1. The van der Waals surface area contributed by atoms with Crippen LogP contribution in [0.3, 0.4) is 0 Å². The topological polar surface area (TPSA) is 62.3 Å². The van der Waals surface area contributed by atoms with Gasteiger partial charge in [0.05, 0.1) is 23.2 Å². The fourth-order valence-electron chi connectivity index (χ4n) is 3.91. The largest absolute Gasteiger partial charge is 0.351 e. The molecule has 1 saturated carbocycles. The maximum Gasteiger partial charge on any atom is 0.225 e. The lowest BCUT2D eigenvalue weighted by Crippen LogP contribution is -2.41. The Hall–Kier alpha value is -1.43. The fourth-order valence-corrected chi connectivity index (χ4v) is 4.85. The molecular formula is C18H27N3O2S. The van der Waals surface area contributed by atoms with E-state index in [0.29, 0.717) is 25.4 Å². The summed E-state index contributed by atoms with van der Waals surface area (Å²) >= 11 is 1.58. The number of nitrogens with one attached hydrogen (secondary N) is 1. The molecule has 1 aromatic rings. The summed E-state index contributed by atoms with van der Waals surface area (Å²) in [5, 5.41) is 4.05. The molecule has 0 aromatic carbocycles. The van der Waals surface area contributed by atoms with Crippen LogP contribution in [0.5, 0.6) is 0 Å². The van der Waals surface area contributed by atoms with Crippen LogP contribution in [0.4, 0.5) is 0 Å². The number of rotatable bonds is 4. The highest BCUT2D eigenvalue weighted by Gasteiger charge is 2.35. The fraction of sp³-hybridized carbons (Fsp3) is 0.722. The van der Waals surface area contributed by atoms with Gasteiger partial charge in [0.25, 0.3) is 0 Å². The van der Waals surface area contributed by atoms with Crippen molar-refractivity contribution >= 4 is 23.2 Å². The highest BCUT2D eigenvalue weighted by atomic mass is 32.1. The van der Waals surface area contributed by atoms with E-state index in [2.05, 4.69) is 10.3 Å². The normalized spacial score (nSPS) is 22.7. The van der Waals surface area contributed by atoms with E-state index in [1.165, 1.54) is 25.7 Å². The Bertz CT molecular complexity index is 605. The zero-order valence-corrected chi connectivity index (χ0v) is 15.5. The van der Waals surface area contributed by atoms with Gasteiger partial charge in [0.15, 0.2) is 0 Å². The predicted molar refractivity (Wildman–Crippen MR) is 95.0 cm³/mol. The maximum absolute atomic E-state index is 12.4. The minimum atomic E-state index is -0.0393. The van der Waals surface area contributed by atoms with E-state index in [4.69, 9.17) is 0 Å². The van der Waals surface area contributed by atoms with Crippen molar-refractivity contribution in [1.29, 1.82) is 0 Å². The van der Waals surface area contributed by atoms with E-state index in [0.717, 1.165) is 28.4 Å². The molecule has 2 amide bonds. The van der Waals surface area contributed by atoms with Crippen molar-refractivity contribution in [1.82, 2.24) is 15.2 Å². The van der Waals surface area contributed by atoms with Crippen molar-refractivity contribution in [3.63, 3.8) is 0 Å². The predicted octanol–water partition coefficient (Wildman–Crippen LogP) is 2.74. The molecule has 132 valence electrons. The van der Waals surface area contributed by atoms with Crippen molar-refractivity contribution in [3.8, 4) is 0 Å². The molecule has 2 fully saturated rings. The number of carbonyl (C=O) groups is 2. The molecule has 1 atom stereocenters. The van der Waals surface area contributed by atoms with Gasteiger partial charge in [-0.15, -0.1) is 11.3 Å². The molecule has 5 nitrogen and oxygen atoms in total. The zero-order valence-electron chi connectivity index (χ0n) is 14.6. The van der Waals surface area contributed by atoms with E-state index in [1.807, 2.05) is 18.7 Å². The standard InChI is InChI=1S/C18H27N3O2S/c1-12-16(24-13(2)19-12)10-17(22)20-14-9-18(23)21(11-14)15-7-5-3-4-6-8-15/h14-15H,3-11H2,1-2H3,(H,20,22)/t14-/m1/s1. The van der Waals surface area contributed by atoms with E-state index in [1.54, 1.807) is 11.3 Å². The number of aromatic nitrogens is 1. The Morgan fingerprint density at radius 3 is 2.58 bits per heavy atom. The van der Waals surface area contributed by atoms with Crippen LogP contribution in [-0.2, 0) is 16.0 Å². The van der Waals surface area contributed by atoms with Gasteiger partial charge in [-0.25, -0.2) is 4.98 Å². The molecule has 0 radical (unpaired) electrons. The lowest BCUT2D eigenvalue weighted by Gasteiger charge is -2.27. The third kappa shape index (κ3) is 4.15. The third-order valence-electron chi connectivity index (χ3n) is 5.11. The number of thiazole rings is 1. The minimum Gasteiger partial charge on any atom is -0.351 e. The lowest BCUT2D eigenvalue weighted by molar-refractivity contribution is -0.129. The number of amides is 2. The second kappa shape index (κ2) is 7.64. The molecule has 1 aromatic heterocycles. The van der Waals surface area contributed by atoms with Crippen LogP contribution >= 0.6 is 11.3 Å². The van der Waals surface area contributed by atoms with Gasteiger partial charge in [-0.2, -0.15) is 0 Å². The second-order valence-electron chi connectivity index (χ2n) is 7.08. The Morgan fingerprint density at radius 1 is 1.25 bits per heavy atom. The first-order chi connectivity index (χ1) is 11.5. The summed E-state index contributed by atoms with van der Waals surface area (Å²) in [6, 6.07) is 0.343. The van der Waals surface area contributed by atoms with Crippen LogP contribution in [0.1, 0.15) is 60.5 Å². The number of hydrogen-bond acceptors (Lipinski definition) is 4. The van der Waals surface area contributed by atoms with Crippen LogP contribution in [-0.4, -0.2) is 40.3 Å². The molecule has 0 spiro atoms. The Kier molecular flexibility index (Phi) is 5.54. The van der Waals surface area contributed by atoms with Gasteiger partial charge in [-0.05, 0) is 26.7 Å². The van der Waals surface area contributed by atoms with Gasteiger partial charge in [0.2, 0.25) is 11.8 Å². The van der Waals surface area contributed by atoms with Gasteiger partial charge in [-0.3, -0.25) is 9.59 Å². The third-order valence-corrected chi connectivity index (χ3v) is 6.18. The first kappa shape index (κ1) is 17.4. The molecule has 1 saturated heterocycles. The quantitative estimate of drug-likeness (QED) is 0.850. The first-order valence-electron chi connectivity index (χ1n) is 9.04. The molecule has 6 heteroatoms. The summed E-state index contributed by atoms with van der Waals surface area (Å²) in [6.45, 7) is 4.58. The first-order valence-corrected chi connectivity index (χ1v) is 9.86. The van der Waals surface area contributed by atoms with Crippen molar-refractivity contribution in [2.24, 2.45) is 0 Å². The van der Waals surface area contributed by atoms with Gasteiger partial charge in [-0.1, -0.05) is 25.7 Å². The molecule has 3 rings (SSSR count). The minimum absolute atomic E-state index is 0.00210. The summed E-state index contributed by atoms with van der Waals surface area (Å²) in [6.07, 6.45) is 8.05. The Labute approximate surface area is 147 Å². The molecule has 1 aliphatic carbocycles. The highest BCUT2D eigenvalue weighted by molar-refractivity contribution is 7.11. The van der Waals surface area contributed by atoms with Crippen molar-refractivity contribution in [2.45, 2.75) is 77.3 Å². The molecule has 1 aliphatic heterocycles. The molecule has 1 N–H and O–H groups in total. The second-order valence-corrected chi connectivity index (χ2v) is 8.37. The summed E-state index contributed by atoms with van der Waals surface area (Å²) in [5.41, 5.74) is 0.940. The van der Waals surface area contributed by atoms with Gasteiger partial charge >= 0.3 is 0 Å². The molecule has 24 heavy (non-hydrogen) atoms. The summed E-state index contributed by atoms with van der Waals surface area (Å²) in [4.78, 5) is 32.1. The SMILES string of the molecule is Cc1nc(C)c(CC(=O)N[C@@H]2CC(=O)N(C3CCCCCC3)C2)s1. The van der Waals surface area contributed by atoms with Crippen LogP contribution in [0.2, 0.25) is 0 Å². The monoisotopic (exact) mass is 349 g/mol. The van der Waals surface area contributed by atoms with Gasteiger partial charge in [0.1, 0.15) is 0 Å². The zero-order chi connectivity index (χ0) is 17.1. The van der Waals surface area contributed by atoms with E-state index in [-0.39, 0.29) is 17.9 Å². The van der Waals surface area contributed by atoms with Gasteiger partial charge < -0.3 is 10.2 Å².